The summed E-state index contributed by atoms with van der Waals surface area (Å²) >= 11 is 2.24. The molecule has 1 aromatic carbocycles. The summed E-state index contributed by atoms with van der Waals surface area (Å²) in [7, 11) is 0. The number of hydrogen-bond acceptors (Lipinski definition) is 2. The van der Waals surface area contributed by atoms with Crippen molar-refractivity contribution in [3.05, 3.63) is 27.8 Å². The van der Waals surface area contributed by atoms with Gasteiger partial charge < -0.3 is 10.6 Å². The average Bonchev–Trinajstić information content (AvgIpc) is 2.70. The first-order valence-electron chi connectivity index (χ1n) is 5.03. The number of amides is 1. The zero-order valence-corrected chi connectivity index (χ0v) is 10.5. The maximum Gasteiger partial charge on any atom is 0.228 e. The highest BCUT2D eigenvalue weighted by Gasteiger charge is 2.22. The fraction of sp³-hybridized carbons (Fsp3) is 0.364. The van der Waals surface area contributed by atoms with Crippen LogP contribution in [0.1, 0.15) is 6.42 Å². The molecule has 1 aliphatic rings. The Morgan fingerprint density at radius 1 is 1.53 bits per heavy atom. The van der Waals surface area contributed by atoms with Gasteiger partial charge >= 0.3 is 0 Å². The highest BCUT2D eigenvalue weighted by molar-refractivity contribution is 14.1. The molecule has 1 saturated heterocycles. The van der Waals surface area contributed by atoms with Crippen molar-refractivity contribution in [3.63, 3.8) is 0 Å². The van der Waals surface area contributed by atoms with Crippen LogP contribution >= 0.6 is 22.6 Å². The summed E-state index contributed by atoms with van der Waals surface area (Å²) in [5.41, 5.74) is 0.888. The number of carbonyl (C=O) groups is 1. The van der Waals surface area contributed by atoms with Crippen molar-refractivity contribution in [2.24, 2.45) is 5.92 Å². The molecular weight excluding hydrogens is 303 g/mol. The van der Waals surface area contributed by atoms with Crippen LogP contribution in [-0.4, -0.2) is 19.0 Å². The summed E-state index contributed by atoms with van der Waals surface area (Å²) in [6.07, 6.45) is 0.940. The van der Waals surface area contributed by atoms with E-state index < -0.39 is 0 Å². The first-order chi connectivity index (χ1) is 7.25. The van der Waals surface area contributed by atoms with E-state index in [4.69, 9.17) is 0 Å². The first kappa shape index (κ1) is 10.9. The zero-order valence-electron chi connectivity index (χ0n) is 8.29. The summed E-state index contributed by atoms with van der Waals surface area (Å²) in [6, 6.07) is 7.85. The third-order valence-electron chi connectivity index (χ3n) is 2.52. The zero-order chi connectivity index (χ0) is 10.7. The number of rotatable bonds is 2. The molecular formula is C11H13IN2O. The summed E-state index contributed by atoms with van der Waals surface area (Å²) in [6.45, 7) is 1.75. The molecule has 15 heavy (non-hydrogen) atoms. The van der Waals surface area contributed by atoms with Crippen LogP contribution in [0.4, 0.5) is 5.69 Å². The maximum atomic E-state index is 11.8. The molecule has 0 spiro atoms. The predicted molar refractivity (Wildman–Crippen MR) is 68.8 cm³/mol. The summed E-state index contributed by atoms with van der Waals surface area (Å²) < 4.78 is 1.13. The van der Waals surface area contributed by atoms with E-state index in [0.717, 1.165) is 28.8 Å². The van der Waals surface area contributed by atoms with Crippen molar-refractivity contribution in [2.75, 3.05) is 18.4 Å². The smallest absolute Gasteiger partial charge is 0.228 e. The molecule has 0 aliphatic carbocycles. The lowest BCUT2D eigenvalue weighted by molar-refractivity contribution is -0.119. The van der Waals surface area contributed by atoms with Gasteiger partial charge in [-0.2, -0.15) is 0 Å². The monoisotopic (exact) mass is 316 g/mol. The van der Waals surface area contributed by atoms with E-state index in [9.17, 15) is 4.79 Å². The molecule has 1 fully saturated rings. The Bertz CT molecular complexity index is 361. The second-order valence-corrected chi connectivity index (χ2v) is 4.93. The Hall–Kier alpha value is -0.620. The average molecular weight is 316 g/mol. The van der Waals surface area contributed by atoms with Gasteiger partial charge in [-0.05, 0) is 53.8 Å². The minimum Gasteiger partial charge on any atom is -0.326 e. The van der Waals surface area contributed by atoms with Gasteiger partial charge in [0, 0.05) is 15.8 Å². The fourth-order valence-corrected chi connectivity index (χ4v) is 2.23. The second-order valence-electron chi connectivity index (χ2n) is 3.69. The standard InChI is InChI=1S/C11H13IN2O/c12-9-2-1-3-10(6-9)14-11(15)8-4-5-13-7-8/h1-3,6,8,13H,4-5,7H2,(H,14,15)/t8-/m0/s1. The van der Waals surface area contributed by atoms with E-state index in [1.54, 1.807) is 0 Å². The number of carbonyl (C=O) groups excluding carboxylic acids is 1. The van der Waals surface area contributed by atoms with Gasteiger partial charge in [0.1, 0.15) is 0 Å². The fourth-order valence-electron chi connectivity index (χ4n) is 1.69. The highest BCUT2D eigenvalue weighted by Crippen LogP contribution is 2.15. The molecule has 1 aromatic rings. The van der Waals surface area contributed by atoms with Crippen molar-refractivity contribution in [1.82, 2.24) is 5.32 Å². The van der Waals surface area contributed by atoms with Crippen molar-refractivity contribution in [3.8, 4) is 0 Å². The van der Waals surface area contributed by atoms with Gasteiger partial charge in [-0.25, -0.2) is 0 Å². The Balaban J connectivity index is 1.99. The molecule has 1 amide bonds. The Kier molecular flexibility index (Phi) is 3.58. The van der Waals surface area contributed by atoms with Crippen LogP contribution in [0.25, 0.3) is 0 Å². The minimum atomic E-state index is 0.127. The van der Waals surface area contributed by atoms with Crippen LogP contribution in [0.3, 0.4) is 0 Å². The molecule has 1 heterocycles. The molecule has 0 saturated carbocycles. The van der Waals surface area contributed by atoms with Crippen molar-refractivity contribution in [1.29, 1.82) is 0 Å². The highest BCUT2D eigenvalue weighted by atomic mass is 127. The van der Waals surface area contributed by atoms with E-state index in [-0.39, 0.29) is 11.8 Å². The Labute approximate surface area is 103 Å². The van der Waals surface area contributed by atoms with Gasteiger partial charge in [0.25, 0.3) is 0 Å². The van der Waals surface area contributed by atoms with Crippen LogP contribution in [0.15, 0.2) is 24.3 Å². The van der Waals surface area contributed by atoms with Crippen LogP contribution in [-0.2, 0) is 4.79 Å². The van der Waals surface area contributed by atoms with Crippen LogP contribution in [0, 0.1) is 9.49 Å². The Morgan fingerprint density at radius 2 is 2.40 bits per heavy atom. The van der Waals surface area contributed by atoms with Crippen LogP contribution in [0.2, 0.25) is 0 Å². The van der Waals surface area contributed by atoms with E-state index in [1.807, 2.05) is 24.3 Å². The third kappa shape index (κ3) is 2.92. The minimum absolute atomic E-state index is 0.127. The van der Waals surface area contributed by atoms with Crippen LogP contribution in [0.5, 0.6) is 0 Å². The first-order valence-corrected chi connectivity index (χ1v) is 6.11. The van der Waals surface area contributed by atoms with Gasteiger partial charge in [0.15, 0.2) is 0 Å². The molecule has 2 rings (SSSR count). The molecule has 0 unspecified atom stereocenters. The number of benzene rings is 1. The van der Waals surface area contributed by atoms with Crippen LogP contribution < -0.4 is 10.6 Å². The van der Waals surface area contributed by atoms with Crippen molar-refractivity contribution < 1.29 is 4.79 Å². The summed E-state index contributed by atoms with van der Waals surface area (Å²) in [4.78, 5) is 11.8. The van der Waals surface area contributed by atoms with Gasteiger partial charge in [0.05, 0.1) is 5.92 Å². The van der Waals surface area contributed by atoms with E-state index in [1.165, 1.54) is 0 Å². The summed E-state index contributed by atoms with van der Waals surface area (Å²) in [5, 5.41) is 6.13. The maximum absolute atomic E-state index is 11.8. The van der Waals surface area contributed by atoms with E-state index in [2.05, 4.69) is 33.2 Å². The number of hydrogen-bond donors (Lipinski definition) is 2. The quantitative estimate of drug-likeness (QED) is 0.818. The van der Waals surface area contributed by atoms with Crippen molar-refractivity contribution in [2.45, 2.75) is 6.42 Å². The number of anilines is 1. The molecule has 1 aliphatic heterocycles. The molecule has 0 radical (unpaired) electrons. The second kappa shape index (κ2) is 4.94. The largest absolute Gasteiger partial charge is 0.326 e. The van der Waals surface area contributed by atoms with Gasteiger partial charge in [-0.15, -0.1) is 0 Å². The molecule has 2 N–H and O–H groups in total. The lowest BCUT2D eigenvalue weighted by atomic mass is 10.1. The van der Waals surface area contributed by atoms with Crippen molar-refractivity contribution >= 4 is 34.2 Å². The molecule has 3 nitrogen and oxygen atoms in total. The predicted octanol–water partition coefficient (Wildman–Crippen LogP) is 1.84. The van der Waals surface area contributed by atoms with Gasteiger partial charge in [-0.3, -0.25) is 4.79 Å². The number of halogens is 1. The SMILES string of the molecule is O=C(Nc1cccc(I)c1)[C@H]1CCNC1. The molecule has 80 valence electrons. The lowest BCUT2D eigenvalue weighted by Gasteiger charge is -2.09. The molecule has 0 aromatic heterocycles. The van der Waals surface area contributed by atoms with E-state index in [0.29, 0.717) is 0 Å². The molecule has 1 atom stereocenters. The third-order valence-corrected chi connectivity index (χ3v) is 3.19. The van der Waals surface area contributed by atoms with Gasteiger partial charge in [0.2, 0.25) is 5.91 Å². The molecule has 4 heteroatoms. The lowest BCUT2D eigenvalue weighted by Crippen LogP contribution is -2.24. The van der Waals surface area contributed by atoms with Gasteiger partial charge in [-0.1, -0.05) is 6.07 Å². The Morgan fingerprint density at radius 3 is 3.07 bits per heavy atom. The normalized spacial score (nSPS) is 20.2. The topological polar surface area (TPSA) is 41.1 Å². The summed E-state index contributed by atoms with van der Waals surface area (Å²) in [5.74, 6) is 0.255. The molecule has 0 bridgehead atoms. The number of nitrogens with one attached hydrogen (secondary N) is 2. The van der Waals surface area contributed by atoms with E-state index >= 15 is 0 Å².